The van der Waals surface area contributed by atoms with Gasteiger partial charge in [-0.2, -0.15) is 10.2 Å². The van der Waals surface area contributed by atoms with E-state index in [0.29, 0.717) is 12.8 Å². The van der Waals surface area contributed by atoms with Crippen molar-refractivity contribution in [3.63, 3.8) is 0 Å². The fourth-order valence-corrected chi connectivity index (χ4v) is 2.21. The van der Waals surface area contributed by atoms with E-state index in [9.17, 15) is 10.2 Å². The second kappa shape index (κ2) is 15.4. The van der Waals surface area contributed by atoms with E-state index in [1.54, 1.807) is 0 Å². The summed E-state index contributed by atoms with van der Waals surface area (Å²) in [5.74, 6) is -0.197. The Morgan fingerprint density at radius 1 is 0.724 bits per heavy atom. The maximum atomic E-state index is 11.1. The zero-order chi connectivity index (χ0) is 20.8. The predicted molar refractivity (Wildman–Crippen MR) is 113 cm³/mol. The summed E-state index contributed by atoms with van der Waals surface area (Å²) in [6, 6.07) is 0. The van der Waals surface area contributed by atoms with Crippen LogP contribution >= 0.6 is 0 Å². The minimum atomic E-state index is -0.0987. The largest absolute Gasteiger partial charge is 2.00 e. The number of hydrogen-bond donors (Lipinski definition) is 2. The molecule has 158 valence electrons. The molecule has 0 unspecified atom stereocenters. The van der Waals surface area contributed by atoms with Crippen LogP contribution in [0.2, 0.25) is 0 Å². The van der Waals surface area contributed by atoms with E-state index in [-0.39, 0.29) is 28.9 Å². The van der Waals surface area contributed by atoms with Crippen molar-refractivity contribution in [3.8, 4) is 0 Å². The van der Waals surface area contributed by atoms with Crippen LogP contribution in [-0.2, 0) is 17.1 Å². The van der Waals surface area contributed by atoms with E-state index in [1.165, 1.54) is 0 Å². The average molecular weight is 438 g/mol. The first kappa shape index (κ1) is 26.5. The molecule has 2 aliphatic rings. The van der Waals surface area contributed by atoms with Gasteiger partial charge in [0.05, 0.1) is 0 Å². The molecular weight excluding hydrogens is 408 g/mol. The van der Waals surface area contributed by atoms with Crippen LogP contribution in [0.3, 0.4) is 0 Å². The number of hydrazone groups is 2. The number of hydrogen-bond acceptors (Lipinski definition) is 6. The maximum absolute atomic E-state index is 11.1. The van der Waals surface area contributed by atoms with Crippen LogP contribution in [0.1, 0.15) is 53.4 Å². The van der Waals surface area contributed by atoms with Gasteiger partial charge in [0.1, 0.15) is 0 Å². The van der Waals surface area contributed by atoms with Crippen LogP contribution in [0.4, 0.5) is 0 Å². The minimum absolute atomic E-state index is 0. The van der Waals surface area contributed by atoms with Crippen molar-refractivity contribution >= 4 is 11.8 Å². The molecule has 0 fully saturated rings. The molecule has 0 amide bonds. The second-order valence-electron chi connectivity index (χ2n) is 6.33. The molecule has 0 aromatic carbocycles. The van der Waals surface area contributed by atoms with Crippen LogP contribution < -0.4 is 21.1 Å². The SMILES string of the molecule is CCC/C([O-])=N/NC(C)=C1C=CC=C1.CCC/C([O-])=N/NC(C)=C1C=CC=C1.[Fe+2]. The van der Waals surface area contributed by atoms with Crippen molar-refractivity contribution in [1.82, 2.24) is 10.9 Å². The summed E-state index contributed by atoms with van der Waals surface area (Å²) in [6.07, 6.45) is 18.4. The van der Waals surface area contributed by atoms with Gasteiger partial charge < -0.3 is 10.2 Å². The monoisotopic (exact) mass is 438 g/mol. The molecule has 0 aromatic rings. The fourth-order valence-electron chi connectivity index (χ4n) is 2.21. The summed E-state index contributed by atoms with van der Waals surface area (Å²) in [7, 11) is 0. The number of allylic oxidation sites excluding steroid dienone is 12. The molecule has 0 heterocycles. The van der Waals surface area contributed by atoms with Crippen LogP contribution in [0.5, 0.6) is 0 Å². The quantitative estimate of drug-likeness (QED) is 0.264. The first-order valence-electron chi connectivity index (χ1n) is 9.58. The molecule has 0 saturated heterocycles. The average Bonchev–Trinajstić information content (AvgIpc) is 3.39. The van der Waals surface area contributed by atoms with Crippen molar-refractivity contribution in [1.29, 1.82) is 0 Å². The Bertz CT molecular complexity index is 665. The van der Waals surface area contributed by atoms with E-state index in [4.69, 9.17) is 0 Å². The Hall–Kier alpha value is -2.50. The summed E-state index contributed by atoms with van der Waals surface area (Å²) in [6.45, 7) is 7.72. The molecule has 2 rings (SSSR count). The van der Waals surface area contributed by atoms with Gasteiger partial charge in [0.25, 0.3) is 0 Å². The molecule has 0 atom stereocenters. The third-order valence-corrected chi connectivity index (χ3v) is 3.82. The molecule has 7 heteroatoms. The first-order valence-corrected chi connectivity index (χ1v) is 9.58. The molecule has 0 spiro atoms. The van der Waals surface area contributed by atoms with Gasteiger partial charge in [0, 0.05) is 11.4 Å². The normalized spacial score (nSPS) is 14.5. The van der Waals surface area contributed by atoms with Gasteiger partial charge in [0.2, 0.25) is 0 Å². The zero-order valence-electron chi connectivity index (χ0n) is 17.5. The molecule has 0 bridgehead atoms. The van der Waals surface area contributed by atoms with Gasteiger partial charge in [-0.25, -0.2) is 0 Å². The minimum Gasteiger partial charge on any atom is -0.860 e. The summed E-state index contributed by atoms with van der Waals surface area (Å²) in [5, 5.41) is 29.6. The third-order valence-electron chi connectivity index (χ3n) is 3.82. The van der Waals surface area contributed by atoms with E-state index < -0.39 is 0 Å². The van der Waals surface area contributed by atoms with Crippen molar-refractivity contribution in [3.05, 3.63) is 71.1 Å². The van der Waals surface area contributed by atoms with Gasteiger partial charge in [0.15, 0.2) is 0 Å². The number of nitrogens with zero attached hydrogens (tertiary/aromatic N) is 2. The van der Waals surface area contributed by atoms with Gasteiger partial charge in [-0.15, -0.1) is 0 Å². The first-order chi connectivity index (χ1) is 13.5. The Kier molecular flexibility index (Phi) is 14.1. The van der Waals surface area contributed by atoms with Crippen molar-refractivity contribution in [2.75, 3.05) is 0 Å². The summed E-state index contributed by atoms with van der Waals surface area (Å²) in [4.78, 5) is 0. The number of rotatable bonds is 8. The summed E-state index contributed by atoms with van der Waals surface area (Å²) in [5.41, 5.74) is 9.46. The zero-order valence-corrected chi connectivity index (χ0v) is 18.6. The van der Waals surface area contributed by atoms with Gasteiger partial charge in [-0.05, 0) is 49.6 Å². The van der Waals surface area contributed by atoms with Crippen LogP contribution in [0.25, 0.3) is 0 Å². The van der Waals surface area contributed by atoms with E-state index >= 15 is 0 Å². The number of nitrogens with one attached hydrogen (secondary N) is 2. The van der Waals surface area contributed by atoms with Crippen molar-refractivity contribution < 1.29 is 27.3 Å². The smallest absolute Gasteiger partial charge is 0.860 e. The molecule has 0 radical (unpaired) electrons. The molecule has 2 aliphatic carbocycles. The summed E-state index contributed by atoms with van der Waals surface area (Å²) < 4.78 is 0. The van der Waals surface area contributed by atoms with Crippen LogP contribution in [0.15, 0.2) is 81.4 Å². The molecule has 0 aromatic heterocycles. The topological polar surface area (TPSA) is 94.9 Å². The van der Waals surface area contributed by atoms with E-state index in [1.807, 2.05) is 76.3 Å². The van der Waals surface area contributed by atoms with Crippen LogP contribution in [0, 0.1) is 0 Å². The molecule has 29 heavy (non-hydrogen) atoms. The predicted octanol–water partition coefficient (Wildman–Crippen LogP) is 2.90. The van der Waals surface area contributed by atoms with Gasteiger partial charge >= 0.3 is 17.1 Å². The Morgan fingerprint density at radius 3 is 1.31 bits per heavy atom. The molecule has 6 nitrogen and oxygen atoms in total. The molecule has 0 aliphatic heterocycles. The van der Waals surface area contributed by atoms with E-state index in [2.05, 4.69) is 21.1 Å². The Balaban J connectivity index is 0.000000523. The second-order valence-corrected chi connectivity index (χ2v) is 6.33. The fraction of sp³-hybridized carbons (Fsp3) is 0.364. The van der Waals surface area contributed by atoms with Crippen molar-refractivity contribution in [2.45, 2.75) is 53.4 Å². The van der Waals surface area contributed by atoms with Gasteiger partial charge in [-0.3, -0.25) is 10.9 Å². The molecule has 0 saturated carbocycles. The third kappa shape index (κ3) is 11.2. The molecule has 2 N–H and O–H groups in total. The Labute approximate surface area is 184 Å². The van der Waals surface area contributed by atoms with Gasteiger partial charge in [-0.1, -0.05) is 75.3 Å². The maximum Gasteiger partial charge on any atom is 2.00 e. The van der Waals surface area contributed by atoms with Crippen LogP contribution in [-0.4, -0.2) is 11.8 Å². The van der Waals surface area contributed by atoms with Crippen molar-refractivity contribution in [2.24, 2.45) is 10.2 Å². The Morgan fingerprint density at radius 2 is 1.03 bits per heavy atom. The summed E-state index contributed by atoms with van der Waals surface area (Å²) >= 11 is 0. The standard InChI is InChI=1S/2C11H16N2O.Fe/c2*1-3-6-11(14)13-12-9(2)10-7-4-5-8-10;/h2*4-5,7-8,12H,3,6H2,1-2H3,(H,13,14);/q;;+2/p-2. The molecular formula is C22H30FeN4O2. The van der Waals surface area contributed by atoms with E-state index in [0.717, 1.165) is 35.4 Å².